The normalized spacial score (nSPS) is 12.8. The van der Waals surface area contributed by atoms with Crippen LogP contribution in [-0.2, 0) is 6.54 Å². The van der Waals surface area contributed by atoms with Gasteiger partial charge in [-0.15, -0.1) is 0 Å². The van der Waals surface area contributed by atoms with Crippen LogP contribution in [0.5, 0.6) is 0 Å². The molecule has 0 aliphatic heterocycles. The van der Waals surface area contributed by atoms with Crippen molar-refractivity contribution in [2.45, 2.75) is 19.5 Å². The molecule has 0 aliphatic carbocycles. The fraction of sp³-hybridized carbons (Fsp3) is 0.400. The third kappa shape index (κ3) is 3.53. The number of nitrogens with one attached hydrogen (secondary N) is 1. The molecule has 1 aromatic carbocycles. The monoisotopic (exact) mass is 182 g/mol. The second kappa shape index (κ2) is 4.94. The maximum Gasteiger partial charge on any atom is 0.123 e. The van der Waals surface area contributed by atoms with Gasteiger partial charge in [-0.1, -0.05) is 12.1 Å². The zero-order valence-electron chi connectivity index (χ0n) is 7.76. The highest BCUT2D eigenvalue weighted by atomic mass is 19.1. The molecule has 0 bridgehead atoms. The van der Waals surface area contributed by atoms with E-state index in [0.29, 0.717) is 12.6 Å². The molecule has 2 nitrogen and oxygen atoms in total. The number of hydrogen-bond donors (Lipinski definition) is 2. The average Bonchev–Trinajstić information content (AvgIpc) is 2.16. The molecule has 0 radical (unpaired) electrons. The van der Waals surface area contributed by atoms with Crippen LogP contribution in [0.2, 0.25) is 0 Å². The van der Waals surface area contributed by atoms with Gasteiger partial charge in [0.15, 0.2) is 0 Å². The lowest BCUT2D eigenvalue weighted by molar-refractivity contribution is 0.555. The van der Waals surface area contributed by atoms with Gasteiger partial charge in [-0.25, -0.2) is 4.39 Å². The van der Waals surface area contributed by atoms with E-state index in [1.165, 1.54) is 12.1 Å². The van der Waals surface area contributed by atoms with Crippen LogP contribution in [0, 0.1) is 5.82 Å². The SMILES string of the molecule is C[C@H](CN)NCc1ccc(F)cc1. The van der Waals surface area contributed by atoms with E-state index in [1.54, 1.807) is 12.1 Å². The van der Waals surface area contributed by atoms with Gasteiger partial charge >= 0.3 is 0 Å². The average molecular weight is 182 g/mol. The maximum atomic E-state index is 12.5. The molecule has 1 rings (SSSR count). The van der Waals surface area contributed by atoms with E-state index in [4.69, 9.17) is 5.73 Å². The van der Waals surface area contributed by atoms with Crippen molar-refractivity contribution in [1.82, 2.24) is 5.32 Å². The summed E-state index contributed by atoms with van der Waals surface area (Å²) in [6.07, 6.45) is 0. The topological polar surface area (TPSA) is 38.0 Å². The van der Waals surface area contributed by atoms with E-state index in [1.807, 2.05) is 6.92 Å². The van der Waals surface area contributed by atoms with Crippen LogP contribution in [0.4, 0.5) is 4.39 Å². The Kier molecular flexibility index (Phi) is 3.86. The summed E-state index contributed by atoms with van der Waals surface area (Å²) in [6.45, 7) is 3.36. The van der Waals surface area contributed by atoms with Crippen molar-refractivity contribution in [2.75, 3.05) is 6.54 Å². The first-order chi connectivity index (χ1) is 6.22. The minimum atomic E-state index is -0.198. The Morgan fingerprint density at radius 1 is 1.38 bits per heavy atom. The summed E-state index contributed by atoms with van der Waals surface area (Å²) in [5.41, 5.74) is 6.51. The zero-order chi connectivity index (χ0) is 9.68. The van der Waals surface area contributed by atoms with Crippen molar-refractivity contribution in [2.24, 2.45) is 5.73 Å². The first-order valence-corrected chi connectivity index (χ1v) is 4.40. The molecule has 0 aromatic heterocycles. The van der Waals surface area contributed by atoms with Gasteiger partial charge in [0.25, 0.3) is 0 Å². The lowest BCUT2D eigenvalue weighted by atomic mass is 10.2. The summed E-state index contributed by atoms with van der Waals surface area (Å²) in [6, 6.07) is 6.76. The van der Waals surface area contributed by atoms with Gasteiger partial charge in [0.2, 0.25) is 0 Å². The quantitative estimate of drug-likeness (QED) is 0.735. The minimum absolute atomic E-state index is 0.198. The van der Waals surface area contributed by atoms with Gasteiger partial charge in [0, 0.05) is 19.1 Å². The summed E-state index contributed by atoms with van der Waals surface area (Å²) >= 11 is 0. The predicted octanol–water partition coefficient (Wildman–Crippen LogP) is 1.26. The molecule has 1 atom stereocenters. The Bertz CT molecular complexity index is 246. The van der Waals surface area contributed by atoms with E-state index < -0.39 is 0 Å². The first-order valence-electron chi connectivity index (χ1n) is 4.40. The molecule has 3 heteroatoms. The highest BCUT2D eigenvalue weighted by Crippen LogP contribution is 2.02. The van der Waals surface area contributed by atoms with E-state index in [9.17, 15) is 4.39 Å². The maximum absolute atomic E-state index is 12.5. The van der Waals surface area contributed by atoms with Gasteiger partial charge in [-0.2, -0.15) is 0 Å². The molecule has 0 saturated carbocycles. The number of halogens is 1. The molecule has 72 valence electrons. The van der Waals surface area contributed by atoms with Crippen LogP contribution in [-0.4, -0.2) is 12.6 Å². The summed E-state index contributed by atoms with van der Waals surface area (Å²) in [4.78, 5) is 0. The second-order valence-corrected chi connectivity index (χ2v) is 3.14. The van der Waals surface area contributed by atoms with Gasteiger partial charge in [-0.3, -0.25) is 0 Å². The van der Waals surface area contributed by atoms with Gasteiger partial charge < -0.3 is 11.1 Å². The van der Waals surface area contributed by atoms with Crippen molar-refractivity contribution in [3.05, 3.63) is 35.6 Å². The lowest BCUT2D eigenvalue weighted by Crippen LogP contribution is -2.32. The van der Waals surface area contributed by atoms with Crippen molar-refractivity contribution >= 4 is 0 Å². The molecular weight excluding hydrogens is 167 g/mol. The van der Waals surface area contributed by atoms with E-state index in [2.05, 4.69) is 5.32 Å². The minimum Gasteiger partial charge on any atom is -0.329 e. The molecular formula is C10H15FN2. The van der Waals surface area contributed by atoms with Gasteiger partial charge in [-0.05, 0) is 24.6 Å². The molecule has 0 spiro atoms. The standard InChI is InChI=1S/C10H15FN2/c1-8(6-12)13-7-9-2-4-10(11)5-3-9/h2-5,8,13H,6-7,12H2,1H3/t8-/m1/s1. The Morgan fingerprint density at radius 3 is 2.54 bits per heavy atom. The smallest absolute Gasteiger partial charge is 0.123 e. The lowest BCUT2D eigenvalue weighted by Gasteiger charge is -2.10. The molecule has 0 saturated heterocycles. The molecule has 0 unspecified atom stereocenters. The zero-order valence-corrected chi connectivity index (χ0v) is 7.76. The Labute approximate surface area is 77.9 Å². The molecule has 0 aliphatic rings. The fourth-order valence-electron chi connectivity index (χ4n) is 0.978. The molecule has 3 N–H and O–H groups in total. The third-order valence-electron chi connectivity index (χ3n) is 1.92. The van der Waals surface area contributed by atoms with Crippen molar-refractivity contribution in [3.63, 3.8) is 0 Å². The highest BCUT2D eigenvalue weighted by molar-refractivity contribution is 5.15. The molecule has 0 amide bonds. The van der Waals surface area contributed by atoms with Gasteiger partial charge in [0.1, 0.15) is 5.82 Å². The van der Waals surface area contributed by atoms with Crippen molar-refractivity contribution in [1.29, 1.82) is 0 Å². The van der Waals surface area contributed by atoms with Crippen LogP contribution in [0.3, 0.4) is 0 Å². The van der Waals surface area contributed by atoms with Crippen molar-refractivity contribution < 1.29 is 4.39 Å². The van der Waals surface area contributed by atoms with Gasteiger partial charge in [0.05, 0.1) is 0 Å². The summed E-state index contributed by atoms with van der Waals surface area (Å²) in [7, 11) is 0. The first kappa shape index (κ1) is 10.2. The largest absolute Gasteiger partial charge is 0.329 e. The number of rotatable bonds is 4. The van der Waals surface area contributed by atoms with E-state index >= 15 is 0 Å². The van der Waals surface area contributed by atoms with Crippen LogP contribution in [0.1, 0.15) is 12.5 Å². The number of benzene rings is 1. The van der Waals surface area contributed by atoms with E-state index in [0.717, 1.165) is 12.1 Å². The molecule has 1 aromatic rings. The predicted molar refractivity (Wildman–Crippen MR) is 51.8 cm³/mol. The highest BCUT2D eigenvalue weighted by Gasteiger charge is 1.98. The molecule has 13 heavy (non-hydrogen) atoms. The Morgan fingerprint density at radius 2 is 2.00 bits per heavy atom. The van der Waals surface area contributed by atoms with Crippen LogP contribution in [0.15, 0.2) is 24.3 Å². The Balaban J connectivity index is 2.41. The fourth-order valence-corrected chi connectivity index (χ4v) is 0.978. The van der Waals surface area contributed by atoms with Crippen LogP contribution in [0.25, 0.3) is 0 Å². The summed E-state index contributed by atoms with van der Waals surface area (Å²) in [5, 5.41) is 3.22. The molecule has 0 heterocycles. The third-order valence-corrected chi connectivity index (χ3v) is 1.92. The number of nitrogens with two attached hydrogens (primary N) is 1. The summed E-state index contributed by atoms with van der Waals surface area (Å²) < 4.78 is 12.5. The Hall–Kier alpha value is -0.930. The van der Waals surface area contributed by atoms with Crippen molar-refractivity contribution in [3.8, 4) is 0 Å². The number of hydrogen-bond acceptors (Lipinski definition) is 2. The van der Waals surface area contributed by atoms with E-state index in [-0.39, 0.29) is 5.82 Å². The molecule has 0 fully saturated rings. The summed E-state index contributed by atoms with van der Waals surface area (Å²) in [5.74, 6) is -0.198. The van der Waals surface area contributed by atoms with Crippen LogP contribution < -0.4 is 11.1 Å². The second-order valence-electron chi connectivity index (χ2n) is 3.14. The van der Waals surface area contributed by atoms with Crippen LogP contribution >= 0.6 is 0 Å².